The summed E-state index contributed by atoms with van der Waals surface area (Å²) in [6.07, 6.45) is 15.9. The van der Waals surface area contributed by atoms with Crippen LogP contribution in [0.1, 0.15) is 109 Å². The molecule has 10 heteroatoms. The zero-order valence-corrected chi connectivity index (χ0v) is 22.4. The van der Waals surface area contributed by atoms with Crippen LogP contribution >= 0.6 is 0 Å². The molecular formula is C27H48N4O6. The average molecular weight is 525 g/mol. The van der Waals surface area contributed by atoms with Crippen molar-refractivity contribution in [3.8, 4) is 0 Å². The van der Waals surface area contributed by atoms with Gasteiger partial charge < -0.3 is 30.5 Å². The average Bonchev–Trinajstić information content (AvgIpc) is 3.37. The maximum absolute atomic E-state index is 12.1. The van der Waals surface area contributed by atoms with Gasteiger partial charge in [-0.25, -0.2) is 4.68 Å². The van der Waals surface area contributed by atoms with Crippen LogP contribution in [0.2, 0.25) is 0 Å². The summed E-state index contributed by atoms with van der Waals surface area (Å²) in [5.74, 6) is -0.0555. The second-order valence-electron chi connectivity index (χ2n) is 10.0. The fourth-order valence-corrected chi connectivity index (χ4v) is 4.45. The number of amides is 1. The Morgan fingerprint density at radius 1 is 0.946 bits per heavy atom. The number of allylic oxidation sites excluding steroid dienone is 2. The molecule has 10 nitrogen and oxygen atoms in total. The third-order valence-electron chi connectivity index (χ3n) is 6.82. The molecule has 1 amide bonds. The van der Waals surface area contributed by atoms with E-state index < -0.39 is 37.3 Å². The highest BCUT2D eigenvalue weighted by Crippen LogP contribution is 2.27. The van der Waals surface area contributed by atoms with Crippen LogP contribution in [0.15, 0.2) is 18.3 Å². The number of nitrogens with one attached hydrogen (secondary N) is 1. The SMILES string of the molecule is CCCCCCCC/C=C/CCCCCCCC(=O)NCc1cn([C@@H]2O[C@H](CO)[C@@H](O)[C@H](O)[C@H]2O)nn1. The summed E-state index contributed by atoms with van der Waals surface area (Å²) in [7, 11) is 0. The Morgan fingerprint density at radius 3 is 2.22 bits per heavy atom. The molecule has 1 fully saturated rings. The summed E-state index contributed by atoms with van der Waals surface area (Å²) in [5, 5.41) is 50.0. The van der Waals surface area contributed by atoms with Crippen LogP contribution in [0.4, 0.5) is 0 Å². The first-order valence-corrected chi connectivity index (χ1v) is 14.1. The number of aliphatic hydroxyl groups is 4. The molecule has 1 aromatic rings. The van der Waals surface area contributed by atoms with E-state index in [2.05, 4.69) is 34.7 Å². The molecule has 1 aliphatic rings. The highest BCUT2D eigenvalue weighted by atomic mass is 16.6. The minimum Gasteiger partial charge on any atom is -0.394 e. The lowest BCUT2D eigenvalue weighted by Crippen LogP contribution is -2.56. The van der Waals surface area contributed by atoms with Crippen molar-refractivity contribution in [3.05, 3.63) is 24.0 Å². The number of carbonyl (C=O) groups is 1. The lowest BCUT2D eigenvalue weighted by atomic mass is 9.98. The Kier molecular flexibility index (Phi) is 15.6. The quantitative estimate of drug-likeness (QED) is 0.137. The van der Waals surface area contributed by atoms with E-state index >= 15 is 0 Å². The summed E-state index contributed by atoms with van der Waals surface area (Å²) >= 11 is 0. The van der Waals surface area contributed by atoms with Gasteiger partial charge in [-0.15, -0.1) is 5.10 Å². The van der Waals surface area contributed by atoms with Crippen LogP contribution < -0.4 is 5.32 Å². The summed E-state index contributed by atoms with van der Waals surface area (Å²) in [6, 6.07) is 0. The number of unbranched alkanes of at least 4 members (excludes halogenated alkanes) is 11. The topological polar surface area (TPSA) is 150 Å². The van der Waals surface area contributed by atoms with Gasteiger partial charge in [0, 0.05) is 6.42 Å². The second kappa shape index (κ2) is 18.4. The van der Waals surface area contributed by atoms with E-state index in [4.69, 9.17) is 4.74 Å². The number of ether oxygens (including phenoxy) is 1. The Labute approximate surface area is 221 Å². The number of nitrogens with zero attached hydrogens (tertiary/aromatic N) is 3. The molecule has 5 atom stereocenters. The molecule has 0 bridgehead atoms. The normalized spacial score (nSPS) is 24.1. The number of aliphatic hydroxyl groups excluding tert-OH is 4. The predicted molar refractivity (Wildman–Crippen MR) is 140 cm³/mol. The van der Waals surface area contributed by atoms with Crippen LogP contribution in [0.3, 0.4) is 0 Å². The van der Waals surface area contributed by atoms with Crippen LogP contribution in [0.5, 0.6) is 0 Å². The van der Waals surface area contributed by atoms with E-state index in [1.165, 1.54) is 68.7 Å². The van der Waals surface area contributed by atoms with Gasteiger partial charge in [0.05, 0.1) is 19.3 Å². The van der Waals surface area contributed by atoms with Gasteiger partial charge >= 0.3 is 0 Å². The Balaban J connectivity index is 1.51. The van der Waals surface area contributed by atoms with Crippen LogP contribution in [-0.4, -0.2) is 72.3 Å². The summed E-state index contributed by atoms with van der Waals surface area (Å²) in [5.41, 5.74) is 0.467. The fourth-order valence-electron chi connectivity index (χ4n) is 4.45. The first kappa shape index (κ1) is 31.4. The zero-order chi connectivity index (χ0) is 26.9. The maximum atomic E-state index is 12.1. The highest BCUT2D eigenvalue weighted by molar-refractivity contribution is 5.75. The van der Waals surface area contributed by atoms with E-state index in [0.29, 0.717) is 12.1 Å². The molecule has 0 radical (unpaired) electrons. The second-order valence-corrected chi connectivity index (χ2v) is 10.0. The zero-order valence-electron chi connectivity index (χ0n) is 22.4. The van der Waals surface area contributed by atoms with E-state index in [0.717, 1.165) is 25.7 Å². The molecule has 0 spiro atoms. The fraction of sp³-hybridized carbons (Fsp3) is 0.815. The molecule has 5 N–H and O–H groups in total. The molecule has 0 unspecified atom stereocenters. The molecular weight excluding hydrogens is 476 g/mol. The van der Waals surface area contributed by atoms with Gasteiger partial charge in [0.2, 0.25) is 5.91 Å². The van der Waals surface area contributed by atoms with Crippen molar-refractivity contribution < 1.29 is 30.0 Å². The highest BCUT2D eigenvalue weighted by Gasteiger charge is 2.44. The molecule has 0 saturated carbocycles. The lowest BCUT2D eigenvalue weighted by molar-refractivity contribution is -0.254. The van der Waals surface area contributed by atoms with Crippen molar-refractivity contribution in [3.63, 3.8) is 0 Å². The third kappa shape index (κ3) is 11.6. The van der Waals surface area contributed by atoms with Gasteiger partial charge in [0.1, 0.15) is 30.1 Å². The van der Waals surface area contributed by atoms with Crippen molar-refractivity contribution in [2.24, 2.45) is 0 Å². The molecule has 0 aliphatic carbocycles. The minimum atomic E-state index is -1.49. The summed E-state index contributed by atoms with van der Waals surface area (Å²) in [6.45, 7) is 1.91. The molecule has 37 heavy (non-hydrogen) atoms. The van der Waals surface area contributed by atoms with Crippen molar-refractivity contribution >= 4 is 5.91 Å². The largest absolute Gasteiger partial charge is 0.394 e. The Bertz CT molecular complexity index is 772. The van der Waals surface area contributed by atoms with Crippen LogP contribution in [0.25, 0.3) is 0 Å². The van der Waals surface area contributed by atoms with Gasteiger partial charge in [-0.2, -0.15) is 0 Å². The van der Waals surface area contributed by atoms with Crippen molar-refractivity contribution in [1.29, 1.82) is 0 Å². The molecule has 212 valence electrons. The first-order chi connectivity index (χ1) is 18.0. The van der Waals surface area contributed by atoms with Crippen LogP contribution in [0, 0.1) is 0 Å². The lowest BCUT2D eigenvalue weighted by Gasteiger charge is -2.39. The number of hydrogen-bond acceptors (Lipinski definition) is 8. The minimum absolute atomic E-state index is 0.0555. The van der Waals surface area contributed by atoms with Crippen molar-refractivity contribution in [2.75, 3.05) is 6.61 Å². The smallest absolute Gasteiger partial charge is 0.220 e. The summed E-state index contributed by atoms with van der Waals surface area (Å²) < 4.78 is 6.67. The molecule has 2 heterocycles. The number of carbonyl (C=O) groups excluding carboxylic acids is 1. The molecule has 1 saturated heterocycles. The maximum Gasteiger partial charge on any atom is 0.220 e. The van der Waals surface area contributed by atoms with E-state index in [-0.39, 0.29) is 12.5 Å². The Hall–Kier alpha value is -1.85. The van der Waals surface area contributed by atoms with Gasteiger partial charge in [0.15, 0.2) is 6.23 Å². The number of hydrogen-bond donors (Lipinski definition) is 5. The van der Waals surface area contributed by atoms with Gasteiger partial charge in [-0.1, -0.05) is 75.7 Å². The Morgan fingerprint density at radius 2 is 1.57 bits per heavy atom. The van der Waals surface area contributed by atoms with Crippen molar-refractivity contribution in [1.82, 2.24) is 20.3 Å². The number of aromatic nitrogens is 3. The standard InChI is InChI=1S/C27H48N4O6/c1-2-3-4-5-6-7-8-9-10-11-12-13-14-15-16-17-23(33)28-18-21-19-31(30-29-21)27-26(36)25(35)24(34)22(20-32)37-27/h9-10,19,22,24-27,32,34-36H,2-8,11-18,20H2,1H3,(H,28,33)/b10-9+/t22-,24-,25+,26-,27-/m1/s1. The van der Waals surface area contributed by atoms with E-state index in [1.54, 1.807) is 0 Å². The molecule has 1 aliphatic heterocycles. The predicted octanol–water partition coefficient (Wildman–Crippen LogP) is 2.90. The van der Waals surface area contributed by atoms with Crippen LogP contribution in [-0.2, 0) is 16.1 Å². The monoisotopic (exact) mass is 524 g/mol. The molecule has 2 rings (SSSR count). The van der Waals surface area contributed by atoms with Gasteiger partial charge in [0.25, 0.3) is 0 Å². The first-order valence-electron chi connectivity index (χ1n) is 14.1. The van der Waals surface area contributed by atoms with E-state index in [1.807, 2.05) is 0 Å². The summed E-state index contributed by atoms with van der Waals surface area (Å²) in [4.78, 5) is 12.1. The molecule has 0 aromatic carbocycles. The van der Waals surface area contributed by atoms with Gasteiger partial charge in [-0.3, -0.25) is 4.79 Å². The number of rotatable bonds is 19. The van der Waals surface area contributed by atoms with Gasteiger partial charge in [-0.05, 0) is 32.1 Å². The van der Waals surface area contributed by atoms with E-state index in [9.17, 15) is 25.2 Å². The van der Waals surface area contributed by atoms with Crippen molar-refractivity contribution in [2.45, 2.75) is 134 Å². The molecule has 1 aromatic heterocycles. The third-order valence-corrected chi connectivity index (χ3v) is 6.82.